The number of nitrogens with one attached hydrogen (secondary N) is 2. The first-order chi connectivity index (χ1) is 8.54. The molecule has 0 radical (unpaired) electrons. The van der Waals surface area contributed by atoms with Gasteiger partial charge in [0.25, 0.3) is 0 Å². The lowest BCUT2D eigenvalue weighted by Gasteiger charge is -2.05. The molecule has 0 aliphatic heterocycles. The lowest BCUT2D eigenvalue weighted by Crippen LogP contribution is -2.25. The van der Waals surface area contributed by atoms with Crippen molar-refractivity contribution in [1.29, 1.82) is 0 Å². The maximum atomic E-state index is 11.5. The van der Waals surface area contributed by atoms with E-state index in [1.807, 2.05) is 0 Å². The number of ether oxygens (including phenoxy) is 1. The summed E-state index contributed by atoms with van der Waals surface area (Å²) in [5.74, 6) is -0.942. The van der Waals surface area contributed by atoms with E-state index in [4.69, 9.17) is 0 Å². The fourth-order valence-electron chi connectivity index (χ4n) is 1.22. The Morgan fingerprint density at radius 2 is 2.11 bits per heavy atom. The van der Waals surface area contributed by atoms with Crippen LogP contribution < -0.4 is 10.6 Å². The number of thiophene rings is 1. The molecule has 7 heteroatoms. The number of anilines is 1. The lowest BCUT2D eigenvalue weighted by molar-refractivity contribution is -0.119. The molecule has 0 saturated heterocycles. The topological polar surface area (TPSA) is 84.5 Å². The van der Waals surface area contributed by atoms with E-state index < -0.39 is 5.97 Å². The number of amides is 2. The van der Waals surface area contributed by atoms with Crippen LogP contribution in [0.25, 0.3) is 0 Å². The summed E-state index contributed by atoms with van der Waals surface area (Å²) in [5.41, 5.74) is 0.430. The molecule has 1 heterocycles. The molecule has 1 aromatic rings. The molecule has 0 unspecified atom stereocenters. The highest BCUT2D eigenvalue weighted by Gasteiger charge is 2.15. The van der Waals surface area contributed by atoms with Crippen LogP contribution in [0.1, 0.15) is 23.0 Å². The van der Waals surface area contributed by atoms with Gasteiger partial charge in [-0.05, 0) is 11.4 Å². The summed E-state index contributed by atoms with van der Waals surface area (Å²) in [4.78, 5) is 33.9. The van der Waals surface area contributed by atoms with Gasteiger partial charge in [-0.25, -0.2) is 4.79 Å². The van der Waals surface area contributed by atoms with Crippen LogP contribution >= 0.6 is 11.3 Å². The predicted octanol–water partition coefficient (Wildman–Crippen LogP) is 0.999. The number of hydrogen-bond donors (Lipinski definition) is 2. The molecule has 2 N–H and O–H groups in total. The molecule has 2 amide bonds. The maximum absolute atomic E-state index is 11.5. The summed E-state index contributed by atoms with van der Waals surface area (Å²) >= 11 is 1.19. The van der Waals surface area contributed by atoms with Gasteiger partial charge in [0.05, 0.1) is 12.8 Å². The molecule has 1 aromatic heterocycles. The Kier molecular flexibility index (Phi) is 5.31. The van der Waals surface area contributed by atoms with Gasteiger partial charge in [-0.3, -0.25) is 9.59 Å². The second-order valence-corrected chi connectivity index (χ2v) is 4.35. The van der Waals surface area contributed by atoms with Crippen molar-refractivity contribution >= 4 is 34.8 Å². The number of carbonyl (C=O) groups excluding carboxylic acids is 3. The molecule has 0 aromatic carbocycles. The third-order valence-electron chi connectivity index (χ3n) is 2.04. The highest BCUT2D eigenvalue weighted by molar-refractivity contribution is 7.12. The zero-order valence-electron chi connectivity index (χ0n) is 10.1. The highest BCUT2D eigenvalue weighted by atomic mass is 32.1. The Morgan fingerprint density at radius 3 is 2.72 bits per heavy atom. The molecule has 0 fully saturated rings. The second-order valence-electron chi connectivity index (χ2n) is 3.44. The van der Waals surface area contributed by atoms with Crippen molar-refractivity contribution in [3.8, 4) is 0 Å². The molecule has 1 rings (SSSR count). The number of methoxy groups -OCH3 is 1. The molecular formula is C11H14N2O4S. The van der Waals surface area contributed by atoms with Crippen LogP contribution in [0.3, 0.4) is 0 Å². The van der Waals surface area contributed by atoms with E-state index in [2.05, 4.69) is 15.4 Å². The van der Waals surface area contributed by atoms with Gasteiger partial charge in [-0.1, -0.05) is 0 Å². The number of hydrogen-bond acceptors (Lipinski definition) is 5. The van der Waals surface area contributed by atoms with Crippen molar-refractivity contribution < 1.29 is 19.1 Å². The van der Waals surface area contributed by atoms with Crippen LogP contribution in [-0.4, -0.2) is 31.4 Å². The van der Waals surface area contributed by atoms with E-state index in [0.29, 0.717) is 10.6 Å². The minimum atomic E-state index is -0.484. The monoisotopic (exact) mass is 270 g/mol. The van der Waals surface area contributed by atoms with Gasteiger partial charge in [0.15, 0.2) is 0 Å². The molecule has 0 bridgehead atoms. The van der Waals surface area contributed by atoms with Crippen LogP contribution in [0.4, 0.5) is 5.69 Å². The first-order valence-electron chi connectivity index (χ1n) is 5.24. The third kappa shape index (κ3) is 4.17. The summed E-state index contributed by atoms with van der Waals surface area (Å²) in [7, 11) is 1.28. The van der Waals surface area contributed by atoms with Gasteiger partial charge in [-0.2, -0.15) is 0 Å². The van der Waals surface area contributed by atoms with Crippen LogP contribution in [-0.2, 0) is 14.3 Å². The zero-order chi connectivity index (χ0) is 13.5. The normalized spacial score (nSPS) is 9.67. The Hall–Kier alpha value is -1.89. The Balaban J connectivity index is 2.52. The molecule has 98 valence electrons. The van der Waals surface area contributed by atoms with Crippen molar-refractivity contribution in [1.82, 2.24) is 5.32 Å². The minimum Gasteiger partial charge on any atom is -0.465 e. The van der Waals surface area contributed by atoms with Crippen molar-refractivity contribution in [2.24, 2.45) is 0 Å². The summed E-state index contributed by atoms with van der Waals surface area (Å²) in [6, 6.07) is 1.63. The van der Waals surface area contributed by atoms with Gasteiger partial charge in [0.2, 0.25) is 11.8 Å². The molecule has 0 aliphatic rings. The summed E-state index contributed by atoms with van der Waals surface area (Å²) < 4.78 is 4.59. The summed E-state index contributed by atoms with van der Waals surface area (Å²) in [6.07, 6.45) is 0.149. The molecule has 0 aliphatic carbocycles. The van der Waals surface area contributed by atoms with Crippen molar-refractivity contribution in [2.45, 2.75) is 13.3 Å². The molecule has 0 spiro atoms. The van der Waals surface area contributed by atoms with Crippen molar-refractivity contribution in [2.75, 3.05) is 19.0 Å². The zero-order valence-corrected chi connectivity index (χ0v) is 10.9. The molecule has 0 saturated carbocycles. The van der Waals surface area contributed by atoms with Gasteiger partial charge in [0, 0.05) is 19.9 Å². The summed E-state index contributed by atoms with van der Waals surface area (Å²) in [5, 5.41) is 6.80. The molecular weight excluding hydrogens is 256 g/mol. The fourth-order valence-corrected chi connectivity index (χ4v) is 1.99. The third-order valence-corrected chi connectivity index (χ3v) is 2.93. The molecule has 0 atom stereocenters. The van der Waals surface area contributed by atoms with Crippen molar-refractivity contribution in [3.05, 3.63) is 16.3 Å². The lowest BCUT2D eigenvalue weighted by atomic mass is 10.3. The first-order valence-corrected chi connectivity index (χ1v) is 6.12. The van der Waals surface area contributed by atoms with Crippen LogP contribution in [0.15, 0.2) is 11.4 Å². The van der Waals surface area contributed by atoms with E-state index in [1.165, 1.54) is 25.4 Å². The number of rotatable bonds is 5. The van der Waals surface area contributed by atoms with E-state index in [9.17, 15) is 14.4 Å². The average molecular weight is 270 g/mol. The van der Waals surface area contributed by atoms with Crippen LogP contribution in [0.5, 0.6) is 0 Å². The standard InChI is InChI=1S/C11H14N2O4S/c1-7(14)12-5-3-9(15)13-8-4-6-18-10(8)11(16)17-2/h4,6H,3,5H2,1-2H3,(H,12,14)(H,13,15). The van der Waals surface area contributed by atoms with E-state index in [-0.39, 0.29) is 24.8 Å². The van der Waals surface area contributed by atoms with E-state index >= 15 is 0 Å². The van der Waals surface area contributed by atoms with Gasteiger partial charge >= 0.3 is 5.97 Å². The smallest absolute Gasteiger partial charge is 0.350 e. The Bertz CT molecular complexity index is 456. The fraction of sp³-hybridized carbons (Fsp3) is 0.364. The van der Waals surface area contributed by atoms with E-state index in [1.54, 1.807) is 11.4 Å². The minimum absolute atomic E-state index is 0.149. The van der Waals surface area contributed by atoms with Crippen molar-refractivity contribution in [3.63, 3.8) is 0 Å². The van der Waals surface area contributed by atoms with Crippen LogP contribution in [0.2, 0.25) is 0 Å². The van der Waals surface area contributed by atoms with Gasteiger partial charge in [-0.15, -0.1) is 11.3 Å². The average Bonchev–Trinajstić information content (AvgIpc) is 2.75. The van der Waals surface area contributed by atoms with Crippen LogP contribution in [0, 0.1) is 0 Å². The van der Waals surface area contributed by atoms with Gasteiger partial charge in [0.1, 0.15) is 4.88 Å². The largest absolute Gasteiger partial charge is 0.465 e. The molecule has 6 nitrogen and oxygen atoms in total. The summed E-state index contributed by atoms with van der Waals surface area (Å²) in [6.45, 7) is 1.64. The molecule has 18 heavy (non-hydrogen) atoms. The van der Waals surface area contributed by atoms with Gasteiger partial charge < -0.3 is 15.4 Å². The predicted molar refractivity (Wildman–Crippen MR) is 67.6 cm³/mol. The maximum Gasteiger partial charge on any atom is 0.350 e. The Labute approximate surface area is 108 Å². The first kappa shape index (κ1) is 14.2. The quantitative estimate of drug-likeness (QED) is 0.782. The van der Waals surface area contributed by atoms with E-state index in [0.717, 1.165) is 0 Å². The SMILES string of the molecule is COC(=O)c1sccc1NC(=O)CCNC(C)=O. The number of carbonyl (C=O) groups is 3. The Morgan fingerprint density at radius 1 is 1.39 bits per heavy atom. The number of esters is 1. The highest BCUT2D eigenvalue weighted by Crippen LogP contribution is 2.23. The second kappa shape index (κ2) is 6.75.